The molecule has 1 aromatic carbocycles. The van der Waals surface area contributed by atoms with E-state index in [1.165, 1.54) is 16.9 Å². The highest BCUT2D eigenvalue weighted by atomic mass is 35.5. The second-order valence-corrected chi connectivity index (χ2v) is 5.45. The molecule has 17 heavy (non-hydrogen) atoms. The van der Waals surface area contributed by atoms with Crippen LogP contribution in [0, 0.1) is 20.8 Å². The first-order chi connectivity index (χ1) is 8.00. The molecule has 2 aromatic rings. The van der Waals surface area contributed by atoms with Crippen LogP contribution in [-0.2, 0) is 0 Å². The van der Waals surface area contributed by atoms with Gasteiger partial charge in [0.05, 0.1) is 9.90 Å². The standard InChI is InChI=1S/C14H13ClOS/c1-8-4-5-11(6-9(8)2)13(16)14-12(15)10(3)7-17-14/h4-7H,1-3H3. The van der Waals surface area contributed by atoms with Crippen molar-refractivity contribution in [3.63, 3.8) is 0 Å². The van der Waals surface area contributed by atoms with E-state index < -0.39 is 0 Å². The average Bonchev–Trinajstić information content (AvgIpc) is 2.63. The average molecular weight is 265 g/mol. The maximum atomic E-state index is 12.3. The summed E-state index contributed by atoms with van der Waals surface area (Å²) in [5.74, 6) is 0.0104. The third-order valence-electron chi connectivity index (χ3n) is 2.87. The van der Waals surface area contributed by atoms with Gasteiger partial charge in [0, 0.05) is 5.56 Å². The molecule has 0 radical (unpaired) electrons. The summed E-state index contributed by atoms with van der Waals surface area (Å²) in [6.45, 7) is 5.95. The minimum absolute atomic E-state index is 0.0104. The summed E-state index contributed by atoms with van der Waals surface area (Å²) in [6, 6.07) is 5.75. The van der Waals surface area contributed by atoms with E-state index >= 15 is 0 Å². The molecule has 0 N–H and O–H groups in total. The molecule has 0 bridgehead atoms. The first-order valence-electron chi connectivity index (χ1n) is 5.36. The molecule has 3 heteroatoms. The Hall–Kier alpha value is -1.12. The van der Waals surface area contributed by atoms with Crippen molar-refractivity contribution < 1.29 is 4.79 Å². The van der Waals surface area contributed by atoms with Gasteiger partial charge in [-0.25, -0.2) is 0 Å². The Morgan fingerprint density at radius 3 is 2.35 bits per heavy atom. The number of rotatable bonds is 2. The third-order valence-corrected chi connectivity index (χ3v) is 4.57. The summed E-state index contributed by atoms with van der Waals surface area (Å²) in [5, 5.41) is 2.50. The first kappa shape index (κ1) is 12.3. The van der Waals surface area contributed by atoms with E-state index in [9.17, 15) is 4.79 Å². The van der Waals surface area contributed by atoms with Crippen molar-refractivity contribution in [2.45, 2.75) is 20.8 Å². The molecule has 1 nitrogen and oxygen atoms in total. The monoisotopic (exact) mass is 264 g/mol. The molecule has 2 rings (SSSR count). The van der Waals surface area contributed by atoms with Crippen molar-refractivity contribution in [1.29, 1.82) is 0 Å². The molecule has 88 valence electrons. The topological polar surface area (TPSA) is 17.1 Å². The number of thiophene rings is 1. The molecule has 0 aliphatic carbocycles. The van der Waals surface area contributed by atoms with Crippen LogP contribution < -0.4 is 0 Å². The molecule has 0 atom stereocenters. The van der Waals surface area contributed by atoms with Gasteiger partial charge in [0.25, 0.3) is 0 Å². The van der Waals surface area contributed by atoms with Gasteiger partial charge in [0.15, 0.2) is 0 Å². The SMILES string of the molecule is Cc1ccc(C(=O)c2scc(C)c2Cl)cc1C. The van der Waals surface area contributed by atoms with Crippen LogP contribution in [0.5, 0.6) is 0 Å². The molecule has 0 fully saturated rings. The third kappa shape index (κ3) is 2.28. The van der Waals surface area contributed by atoms with Gasteiger partial charge in [-0.2, -0.15) is 0 Å². The second kappa shape index (κ2) is 4.63. The van der Waals surface area contributed by atoms with Crippen LogP contribution in [0.3, 0.4) is 0 Å². The van der Waals surface area contributed by atoms with Gasteiger partial charge in [0.1, 0.15) is 0 Å². The highest BCUT2D eigenvalue weighted by molar-refractivity contribution is 7.13. The number of carbonyl (C=O) groups excluding carboxylic acids is 1. The molecule has 0 saturated heterocycles. The van der Waals surface area contributed by atoms with Gasteiger partial charge in [0.2, 0.25) is 5.78 Å². The highest BCUT2D eigenvalue weighted by Gasteiger charge is 2.16. The number of carbonyl (C=O) groups is 1. The summed E-state index contributed by atoms with van der Waals surface area (Å²) in [7, 11) is 0. The lowest BCUT2D eigenvalue weighted by Gasteiger charge is -2.03. The van der Waals surface area contributed by atoms with Crippen molar-refractivity contribution in [1.82, 2.24) is 0 Å². The van der Waals surface area contributed by atoms with Crippen molar-refractivity contribution >= 4 is 28.7 Å². The zero-order valence-electron chi connectivity index (χ0n) is 10.0. The van der Waals surface area contributed by atoms with E-state index in [0.717, 1.165) is 11.1 Å². The van der Waals surface area contributed by atoms with E-state index in [0.29, 0.717) is 15.5 Å². The van der Waals surface area contributed by atoms with Crippen LogP contribution in [-0.4, -0.2) is 5.78 Å². The van der Waals surface area contributed by atoms with Crippen molar-refractivity contribution in [2.24, 2.45) is 0 Å². The number of ketones is 1. The maximum absolute atomic E-state index is 12.3. The Kier molecular flexibility index (Phi) is 3.36. The van der Waals surface area contributed by atoms with Gasteiger partial charge < -0.3 is 0 Å². The molecule has 0 aliphatic heterocycles. The van der Waals surface area contributed by atoms with Crippen LogP contribution in [0.2, 0.25) is 5.02 Å². The van der Waals surface area contributed by atoms with Crippen molar-refractivity contribution in [2.75, 3.05) is 0 Å². The fourth-order valence-electron chi connectivity index (χ4n) is 1.60. The predicted octanol–water partition coefficient (Wildman–Crippen LogP) is 4.56. The molecule has 1 aromatic heterocycles. The van der Waals surface area contributed by atoms with E-state index in [1.807, 2.05) is 44.4 Å². The summed E-state index contributed by atoms with van der Waals surface area (Å²) in [5.41, 5.74) is 3.98. The maximum Gasteiger partial charge on any atom is 0.204 e. The van der Waals surface area contributed by atoms with Gasteiger partial charge in [-0.1, -0.05) is 23.7 Å². The van der Waals surface area contributed by atoms with E-state index in [4.69, 9.17) is 11.6 Å². The number of aryl methyl sites for hydroxylation is 3. The Balaban J connectivity index is 2.44. The lowest BCUT2D eigenvalue weighted by Crippen LogP contribution is -2.00. The van der Waals surface area contributed by atoms with Crippen molar-refractivity contribution in [3.05, 3.63) is 55.7 Å². The largest absolute Gasteiger partial charge is 0.288 e. The second-order valence-electron chi connectivity index (χ2n) is 4.19. The summed E-state index contributed by atoms with van der Waals surface area (Å²) in [6.07, 6.45) is 0. The smallest absolute Gasteiger partial charge is 0.204 e. The molecule has 1 heterocycles. The highest BCUT2D eigenvalue weighted by Crippen LogP contribution is 2.29. The summed E-state index contributed by atoms with van der Waals surface area (Å²) in [4.78, 5) is 12.9. The Morgan fingerprint density at radius 2 is 1.82 bits per heavy atom. The molecule has 0 unspecified atom stereocenters. The van der Waals surface area contributed by atoms with Crippen LogP contribution in [0.15, 0.2) is 23.6 Å². The number of hydrogen-bond acceptors (Lipinski definition) is 2. The summed E-state index contributed by atoms with van der Waals surface area (Å²) >= 11 is 7.52. The molecular formula is C14H13ClOS. The van der Waals surface area contributed by atoms with Gasteiger partial charge >= 0.3 is 0 Å². The number of benzene rings is 1. The minimum Gasteiger partial charge on any atom is -0.288 e. The van der Waals surface area contributed by atoms with Crippen LogP contribution in [0.4, 0.5) is 0 Å². The molecule has 0 amide bonds. The summed E-state index contributed by atoms with van der Waals surface area (Å²) < 4.78 is 0. The van der Waals surface area contributed by atoms with Crippen LogP contribution >= 0.6 is 22.9 Å². The Bertz CT molecular complexity index is 584. The number of halogens is 1. The quantitative estimate of drug-likeness (QED) is 0.727. The fourth-order valence-corrected chi connectivity index (χ4v) is 2.84. The van der Waals surface area contributed by atoms with Gasteiger partial charge in [-0.3, -0.25) is 4.79 Å². The van der Waals surface area contributed by atoms with E-state index in [1.54, 1.807) is 0 Å². The van der Waals surface area contributed by atoms with Crippen LogP contribution in [0.25, 0.3) is 0 Å². The Labute approximate surface area is 110 Å². The molecule has 0 spiro atoms. The zero-order chi connectivity index (χ0) is 12.6. The zero-order valence-corrected chi connectivity index (χ0v) is 11.6. The lowest BCUT2D eigenvalue weighted by atomic mass is 10.0. The van der Waals surface area contributed by atoms with E-state index in [2.05, 4.69) is 0 Å². The fraction of sp³-hybridized carbons (Fsp3) is 0.214. The normalized spacial score (nSPS) is 10.6. The molecule has 0 saturated carbocycles. The molecule has 0 aliphatic rings. The minimum atomic E-state index is 0.0104. The van der Waals surface area contributed by atoms with E-state index in [-0.39, 0.29) is 5.78 Å². The number of hydrogen-bond donors (Lipinski definition) is 0. The Morgan fingerprint density at radius 1 is 1.12 bits per heavy atom. The van der Waals surface area contributed by atoms with Gasteiger partial charge in [-0.15, -0.1) is 11.3 Å². The predicted molar refractivity (Wildman–Crippen MR) is 73.4 cm³/mol. The lowest BCUT2D eigenvalue weighted by molar-refractivity contribution is 0.104. The van der Waals surface area contributed by atoms with Crippen molar-refractivity contribution in [3.8, 4) is 0 Å². The van der Waals surface area contributed by atoms with Crippen LogP contribution in [0.1, 0.15) is 31.9 Å². The molecular weight excluding hydrogens is 252 g/mol. The first-order valence-corrected chi connectivity index (χ1v) is 6.62. The van der Waals surface area contributed by atoms with Gasteiger partial charge in [-0.05, 0) is 48.9 Å².